The van der Waals surface area contributed by atoms with Gasteiger partial charge in [-0.05, 0) is 106 Å². The average molecular weight is 651 g/mol. The number of nitrogens with zero attached hydrogens (tertiary/aromatic N) is 2. The molecule has 0 atom stereocenters. The number of rotatable bonds is 4. The van der Waals surface area contributed by atoms with Gasteiger partial charge in [-0.2, -0.15) is 0 Å². The fourth-order valence-electron chi connectivity index (χ4n) is 9.43. The molecule has 7 aromatic carbocycles. The van der Waals surface area contributed by atoms with E-state index in [9.17, 15) is 0 Å². The highest BCUT2D eigenvalue weighted by molar-refractivity contribution is 6.11. The quantitative estimate of drug-likeness (QED) is 0.184. The van der Waals surface area contributed by atoms with Gasteiger partial charge in [-0.1, -0.05) is 133 Å². The topological polar surface area (TPSA) is 8.17 Å². The molecule has 2 heteroatoms. The van der Waals surface area contributed by atoms with E-state index in [4.69, 9.17) is 0 Å². The van der Waals surface area contributed by atoms with Gasteiger partial charge in [0.15, 0.2) is 0 Å². The average Bonchev–Trinajstić information content (AvgIpc) is 3.80. The van der Waals surface area contributed by atoms with Gasteiger partial charge in [-0.25, -0.2) is 0 Å². The van der Waals surface area contributed by atoms with Crippen LogP contribution >= 0.6 is 0 Å². The highest BCUT2D eigenvalue weighted by atomic mass is 15.1. The van der Waals surface area contributed by atoms with E-state index in [-0.39, 0.29) is 0 Å². The molecule has 51 heavy (non-hydrogen) atoms. The van der Waals surface area contributed by atoms with Gasteiger partial charge in [0, 0.05) is 33.5 Å². The molecule has 0 N–H and O–H groups in total. The summed E-state index contributed by atoms with van der Waals surface area (Å²) in [6, 6.07) is 61.0. The molecule has 0 fully saturated rings. The molecule has 0 amide bonds. The fourth-order valence-corrected chi connectivity index (χ4v) is 9.43. The Morgan fingerprint density at radius 3 is 1.71 bits per heavy atom. The minimum absolute atomic E-state index is 0.394. The molecular formula is C49H34N2. The van der Waals surface area contributed by atoms with E-state index < -0.39 is 5.41 Å². The van der Waals surface area contributed by atoms with E-state index in [1.807, 2.05) is 0 Å². The molecule has 0 saturated heterocycles. The number of benzene rings is 7. The first kappa shape index (κ1) is 28.5. The smallest absolute Gasteiger partial charge is 0.0726 e. The molecule has 240 valence electrons. The Hall–Kier alpha value is -6.38. The Morgan fingerprint density at radius 1 is 0.451 bits per heavy atom. The first-order chi connectivity index (χ1) is 25.3. The third-order valence-electron chi connectivity index (χ3n) is 11.4. The van der Waals surface area contributed by atoms with Crippen molar-refractivity contribution in [2.75, 3.05) is 4.90 Å². The number of para-hydroxylation sites is 2. The maximum atomic E-state index is 2.49. The van der Waals surface area contributed by atoms with Crippen LogP contribution in [0.1, 0.15) is 35.1 Å². The monoisotopic (exact) mass is 650 g/mol. The maximum Gasteiger partial charge on any atom is 0.0726 e. The Balaban J connectivity index is 1.18. The van der Waals surface area contributed by atoms with E-state index >= 15 is 0 Å². The summed E-state index contributed by atoms with van der Waals surface area (Å²) in [5, 5.41) is 2.57. The third-order valence-corrected chi connectivity index (χ3v) is 11.4. The van der Waals surface area contributed by atoms with Gasteiger partial charge in [0.05, 0.1) is 16.4 Å². The van der Waals surface area contributed by atoms with Gasteiger partial charge in [0.25, 0.3) is 0 Å². The lowest BCUT2D eigenvalue weighted by atomic mass is 9.70. The fraction of sp³-hybridized carbons (Fsp3) is 0.0612. The molecule has 0 aliphatic heterocycles. The van der Waals surface area contributed by atoms with Crippen LogP contribution in [0.3, 0.4) is 0 Å². The van der Waals surface area contributed by atoms with Crippen molar-refractivity contribution in [3.05, 3.63) is 204 Å². The third kappa shape index (κ3) is 3.88. The van der Waals surface area contributed by atoms with Crippen molar-refractivity contribution < 1.29 is 0 Å². The van der Waals surface area contributed by atoms with Crippen LogP contribution in [0.25, 0.3) is 49.8 Å². The molecule has 3 aliphatic carbocycles. The number of hydrogen-bond acceptors (Lipinski definition) is 1. The van der Waals surface area contributed by atoms with Gasteiger partial charge in [0.2, 0.25) is 0 Å². The Labute approximate surface area is 297 Å². The zero-order valence-electron chi connectivity index (χ0n) is 28.1. The summed E-state index contributed by atoms with van der Waals surface area (Å²) in [5.74, 6) is 0. The SMILES string of the molecule is C1=CCCC(n2c3ccccc3c3ccc(N(c4ccccc4)c4ccc5c(c4)C4(c6ccccc6-c6ccccc64)c4ccccc4-5)cc32)=C1. The zero-order valence-corrected chi connectivity index (χ0v) is 28.1. The first-order valence-corrected chi connectivity index (χ1v) is 18.0. The van der Waals surface area contributed by atoms with Crippen LogP contribution < -0.4 is 4.90 Å². The maximum absolute atomic E-state index is 2.49. The minimum Gasteiger partial charge on any atom is -0.313 e. The first-order valence-electron chi connectivity index (χ1n) is 18.0. The molecule has 8 aromatic rings. The lowest BCUT2D eigenvalue weighted by molar-refractivity contribution is 0.793. The molecular weight excluding hydrogens is 617 g/mol. The van der Waals surface area contributed by atoms with Gasteiger partial charge in [-0.3, -0.25) is 0 Å². The van der Waals surface area contributed by atoms with Gasteiger partial charge >= 0.3 is 0 Å². The van der Waals surface area contributed by atoms with E-state index in [2.05, 4.69) is 191 Å². The molecule has 0 unspecified atom stereocenters. The molecule has 0 saturated carbocycles. The van der Waals surface area contributed by atoms with Crippen molar-refractivity contribution in [2.45, 2.75) is 18.3 Å². The summed E-state index contributed by atoms with van der Waals surface area (Å²) < 4.78 is 2.49. The highest BCUT2D eigenvalue weighted by Crippen LogP contribution is 2.63. The van der Waals surface area contributed by atoms with E-state index in [1.165, 1.54) is 72.0 Å². The highest BCUT2D eigenvalue weighted by Gasteiger charge is 2.51. The summed E-state index contributed by atoms with van der Waals surface area (Å²) >= 11 is 0. The van der Waals surface area contributed by atoms with Gasteiger partial charge in [-0.15, -0.1) is 0 Å². The normalized spacial score (nSPS) is 14.7. The van der Waals surface area contributed by atoms with Crippen LogP contribution in [0.15, 0.2) is 182 Å². The van der Waals surface area contributed by atoms with Crippen molar-refractivity contribution in [1.82, 2.24) is 4.57 Å². The number of fused-ring (bicyclic) bond motifs is 13. The van der Waals surface area contributed by atoms with E-state index in [0.29, 0.717) is 0 Å². The Bertz CT molecular complexity index is 2700. The van der Waals surface area contributed by atoms with Crippen LogP contribution in [-0.2, 0) is 5.41 Å². The number of anilines is 3. The lowest BCUT2D eigenvalue weighted by Crippen LogP contribution is -2.26. The summed E-state index contributed by atoms with van der Waals surface area (Å²) in [6.07, 6.45) is 8.83. The van der Waals surface area contributed by atoms with Crippen LogP contribution in [0.5, 0.6) is 0 Å². The predicted molar refractivity (Wildman–Crippen MR) is 213 cm³/mol. The molecule has 1 spiro atoms. The standard InChI is InChI=1S/C49H34N2/c1-3-15-33(16-4-1)50(36-28-30-42-41-22-10-14-26-47(41)51(48(42)32-36)34-17-5-2-6-18-34)35-27-29-40-39-21-9-13-25-45(39)49(46(40)31-35)43-23-11-7-19-37(43)38-20-8-12-24-44(38)49/h1-5,7-17,19-32H,6,18H2. The molecule has 0 radical (unpaired) electrons. The van der Waals surface area contributed by atoms with Crippen LogP contribution in [0.4, 0.5) is 17.1 Å². The predicted octanol–water partition coefficient (Wildman–Crippen LogP) is 12.8. The van der Waals surface area contributed by atoms with Crippen LogP contribution in [0.2, 0.25) is 0 Å². The molecule has 0 bridgehead atoms. The lowest BCUT2D eigenvalue weighted by Gasteiger charge is -2.32. The van der Waals surface area contributed by atoms with E-state index in [1.54, 1.807) is 0 Å². The van der Waals surface area contributed by atoms with Crippen molar-refractivity contribution in [3.63, 3.8) is 0 Å². The van der Waals surface area contributed by atoms with Crippen molar-refractivity contribution in [3.8, 4) is 22.3 Å². The second-order valence-corrected chi connectivity index (χ2v) is 14.0. The molecule has 11 rings (SSSR count). The van der Waals surface area contributed by atoms with Crippen LogP contribution in [0, 0.1) is 0 Å². The molecule has 3 aliphatic rings. The number of allylic oxidation sites excluding steroid dienone is 4. The largest absolute Gasteiger partial charge is 0.313 e. The van der Waals surface area contributed by atoms with Gasteiger partial charge in [0.1, 0.15) is 0 Å². The van der Waals surface area contributed by atoms with Crippen molar-refractivity contribution >= 4 is 44.6 Å². The number of hydrogen-bond donors (Lipinski definition) is 0. The van der Waals surface area contributed by atoms with E-state index in [0.717, 1.165) is 29.9 Å². The van der Waals surface area contributed by atoms with Gasteiger partial charge < -0.3 is 9.47 Å². The second-order valence-electron chi connectivity index (χ2n) is 14.0. The summed E-state index contributed by atoms with van der Waals surface area (Å²) in [7, 11) is 0. The molecule has 1 aromatic heterocycles. The minimum atomic E-state index is -0.394. The second kappa shape index (κ2) is 10.8. The molecule has 1 heterocycles. The zero-order chi connectivity index (χ0) is 33.5. The van der Waals surface area contributed by atoms with Crippen molar-refractivity contribution in [1.29, 1.82) is 0 Å². The molecule has 2 nitrogen and oxygen atoms in total. The summed E-state index contributed by atoms with van der Waals surface area (Å²) in [5.41, 5.74) is 17.6. The summed E-state index contributed by atoms with van der Waals surface area (Å²) in [4.78, 5) is 2.44. The number of aromatic nitrogens is 1. The summed E-state index contributed by atoms with van der Waals surface area (Å²) in [6.45, 7) is 0. The Kier molecular flexibility index (Phi) is 6.03. The van der Waals surface area contributed by atoms with Crippen LogP contribution in [-0.4, -0.2) is 4.57 Å². The van der Waals surface area contributed by atoms with Crippen molar-refractivity contribution in [2.24, 2.45) is 0 Å². The Morgan fingerprint density at radius 2 is 1.02 bits per heavy atom.